The molecule has 0 amide bonds. The lowest BCUT2D eigenvalue weighted by Crippen LogP contribution is -2.05. The Morgan fingerprint density at radius 2 is 2.12 bits per heavy atom. The first-order chi connectivity index (χ1) is 11.6. The van der Waals surface area contributed by atoms with Crippen LogP contribution in [-0.2, 0) is 6.42 Å². The van der Waals surface area contributed by atoms with Gasteiger partial charge < -0.3 is 15.0 Å². The van der Waals surface area contributed by atoms with Gasteiger partial charge in [-0.25, -0.2) is 0 Å². The smallest absolute Gasteiger partial charge is 0.270 e. The van der Waals surface area contributed by atoms with Crippen LogP contribution in [0.5, 0.6) is 5.75 Å². The van der Waals surface area contributed by atoms with Gasteiger partial charge in [0.2, 0.25) is 0 Å². The predicted molar refractivity (Wildman–Crippen MR) is 97.8 cm³/mol. The fraction of sp³-hybridized carbons (Fsp3) is 0.176. The summed E-state index contributed by atoms with van der Waals surface area (Å²) in [7, 11) is 1.65. The van der Waals surface area contributed by atoms with Gasteiger partial charge in [0.25, 0.3) is 5.69 Å². The number of anilines is 1. The van der Waals surface area contributed by atoms with Gasteiger partial charge in [-0.05, 0) is 52.2 Å². The predicted octanol–water partition coefficient (Wildman–Crippen LogP) is 4.50. The molecule has 0 unspecified atom stereocenters. The Kier molecular flexibility index (Phi) is 4.71. The van der Waals surface area contributed by atoms with Gasteiger partial charge in [0, 0.05) is 45.9 Å². The maximum Gasteiger partial charge on any atom is 0.270 e. The molecule has 0 aliphatic heterocycles. The van der Waals surface area contributed by atoms with E-state index in [4.69, 9.17) is 4.74 Å². The van der Waals surface area contributed by atoms with Crippen LogP contribution in [0.15, 0.2) is 47.1 Å². The number of ether oxygens (including phenoxy) is 1. The maximum absolute atomic E-state index is 10.8. The molecule has 0 aliphatic rings. The van der Waals surface area contributed by atoms with E-state index in [-0.39, 0.29) is 5.69 Å². The van der Waals surface area contributed by atoms with Crippen molar-refractivity contribution in [2.45, 2.75) is 6.42 Å². The van der Waals surface area contributed by atoms with E-state index in [1.807, 2.05) is 24.4 Å². The molecule has 0 fully saturated rings. The zero-order valence-corrected chi connectivity index (χ0v) is 14.6. The van der Waals surface area contributed by atoms with Crippen LogP contribution in [0, 0.1) is 10.1 Å². The average Bonchev–Trinajstić information content (AvgIpc) is 2.98. The summed E-state index contributed by atoms with van der Waals surface area (Å²) in [5.74, 6) is 0.828. The third-order valence-electron chi connectivity index (χ3n) is 3.85. The number of rotatable bonds is 6. The molecule has 7 heteroatoms. The zero-order chi connectivity index (χ0) is 17.1. The number of nitro benzene ring substituents is 1. The van der Waals surface area contributed by atoms with Crippen LogP contribution in [0.2, 0.25) is 0 Å². The fourth-order valence-electron chi connectivity index (χ4n) is 2.58. The summed E-state index contributed by atoms with van der Waals surface area (Å²) in [6.45, 7) is 0.709. The summed E-state index contributed by atoms with van der Waals surface area (Å²) < 4.78 is 5.95. The monoisotopic (exact) mass is 389 g/mol. The minimum absolute atomic E-state index is 0.0659. The summed E-state index contributed by atoms with van der Waals surface area (Å²) in [4.78, 5) is 13.6. The van der Waals surface area contributed by atoms with Gasteiger partial charge in [-0.3, -0.25) is 10.1 Å². The van der Waals surface area contributed by atoms with Crippen molar-refractivity contribution in [1.29, 1.82) is 0 Å². The number of nitro groups is 1. The number of benzene rings is 2. The van der Waals surface area contributed by atoms with Gasteiger partial charge in [-0.1, -0.05) is 0 Å². The van der Waals surface area contributed by atoms with E-state index in [2.05, 4.69) is 26.2 Å². The lowest BCUT2D eigenvalue weighted by Gasteiger charge is -2.08. The molecule has 124 valence electrons. The molecule has 1 aromatic heterocycles. The molecule has 0 saturated carbocycles. The number of fused-ring (bicyclic) bond motifs is 1. The van der Waals surface area contributed by atoms with E-state index in [0.29, 0.717) is 11.0 Å². The molecule has 3 aromatic rings. The number of non-ortho nitro benzene ring substituents is 1. The minimum atomic E-state index is -0.409. The Hall–Kier alpha value is -2.54. The number of nitrogens with zero attached hydrogens (tertiary/aromatic N) is 1. The molecule has 1 heterocycles. The molecule has 0 saturated heterocycles. The lowest BCUT2D eigenvalue weighted by molar-refractivity contribution is -0.384. The van der Waals surface area contributed by atoms with Crippen LogP contribution in [0.3, 0.4) is 0 Å². The highest BCUT2D eigenvalue weighted by atomic mass is 79.9. The minimum Gasteiger partial charge on any atom is -0.497 e. The van der Waals surface area contributed by atoms with Gasteiger partial charge >= 0.3 is 0 Å². The number of hydrogen-bond acceptors (Lipinski definition) is 4. The Bertz CT molecular complexity index is 892. The van der Waals surface area contributed by atoms with E-state index >= 15 is 0 Å². The average molecular weight is 390 g/mol. The molecule has 3 rings (SSSR count). The van der Waals surface area contributed by atoms with Crippen LogP contribution >= 0.6 is 15.9 Å². The van der Waals surface area contributed by atoms with Crippen molar-refractivity contribution in [2.24, 2.45) is 0 Å². The third kappa shape index (κ3) is 3.35. The van der Waals surface area contributed by atoms with Crippen molar-refractivity contribution in [3.8, 4) is 5.75 Å². The second-order valence-corrected chi connectivity index (χ2v) is 6.18. The van der Waals surface area contributed by atoms with Crippen molar-refractivity contribution in [3.63, 3.8) is 0 Å². The quantitative estimate of drug-likeness (QED) is 0.480. The molecule has 0 atom stereocenters. The molecular formula is C17H16BrN3O3. The van der Waals surface area contributed by atoms with Gasteiger partial charge in [0.05, 0.1) is 12.0 Å². The van der Waals surface area contributed by atoms with Crippen molar-refractivity contribution < 1.29 is 9.66 Å². The standard InChI is InChI=1S/C17H16BrN3O3/c1-24-13-3-5-16-14(9-13)11(10-20-16)6-7-19-17-4-2-12(21(22)23)8-15(17)18/h2-5,8-10,19-20H,6-7H2,1H3. The van der Waals surface area contributed by atoms with Gasteiger partial charge in [-0.2, -0.15) is 0 Å². The number of methoxy groups -OCH3 is 1. The number of aromatic nitrogens is 1. The van der Waals surface area contributed by atoms with Crippen molar-refractivity contribution in [3.05, 3.63) is 62.7 Å². The van der Waals surface area contributed by atoms with Crippen LogP contribution in [-0.4, -0.2) is 23.6 Å². The molecule has 24 heavy (non-hydrogen) atoms. The number of hydrogen-bond donors (Lipinski definition) is 2. The van der Waals surface area contributed by atoms with Crippen LogP contribution < -0.4 is 10.1 Å². The lowest BCUT2D eigenvalue weighted by atomic mass is 10.1. The van der Waals surface area contributed by atoms with Gasteiger partial charge in [0.1, 0.15) is 5.75 Å². The zero-order valence-electron chi connectivity index (χ0n) is 13.0. The summed E-state index contributed by atoms with van der Waals surface area (Å²) >= 11 is 3.36. The Morgan fingerprint density at radius 1 is 1.29 bits per heavy atom. The highest BCUT2D eigenvalue weighted by Gasteiger charge is 2.09. The summed E-state index contributed by atoms with van der Waals surface area (Å²) in [6.07, 6.45) is 2.81. The van der Waals surface area contributed by atoms with Gasteiger partial charge in [0.15, 0.2) is 0 Å². The van der Waals surface area contributed by atoms with Crippen molar-refractivity contribution in [1.82, 2.24) is 4.98 Å². The first-order valence-corrected chi connectivity index (χ1v) is 8.19. The van der Waals surface area contributed by atoms with E-state index < -0.39 is 4.92 Å². The summed E-state index contributed by atoms with van der Waals surface area (Å²) in [6, 6.07) is 10.6. The molecular weight excluding hydrogens is 374 g/mol. The van der Waals surface area contributed by atoms with Crippen LogP contribution in [0.4, 0.5) is 11.4 Å². The Labute approximate surface area is 147 Å². The molecule has 0 spiro atoms. The number of nitrogens with one attached hydrogen (secondary N) is 2. The SMILES string of the molecule is COc1ccc2[nH]cc(CCNc3ccc([N+](=O)[O-])cc3Br)c2c1. The Balaban J connectivity index is 1.69. The molecule has 0 aliphatic carbocycles. The number of halogens is 1. The Morgan fingerprint density at radius 3 is 2.83 bits per heavy atom. The largest absolute Gasteiger partial charge is 0.497 e. The number of aromatic amines is 1. The molecule has 0 radical (unpaired) electrons. The second-order valence-electron chi connectivity index (χ2n) is 5.32. The topological polar surface area (TPSA) is 80.2 Å². The fourth-order valence-corrected chi connectivity index (χ4v) is 3.09. The molecule has 0 bridgehead atoms. The second kappa shape index (κ2) is 6.92. The van der Waals surface area contributed by atoms with Crippen LogP contribution in [0.1, 0.15) is 5.56 Å². The van der Waals surface area contributed by atoms with E-state index in [0.717, 1.165) is 28.8 Å². The summed E-state index contributed by atoms with van der Waals surface area (Å²) in [5, 5.41) is 15.2. The van der Waals surface area contributed by atoms with Crippen molar-refractivity contribution >= 4 is 38.2 Å². The highest BCUT2D eigenvalue weighted by molar-refractivity contribution is 9.10. The number of H-pyrrole nitrogens is 1. The van der Waals surface area contributed by atoms with Crippen molar-refractivity contribution in [2.75, 3.05) is 19.0 Å². The molecule has 2 aromatic carbocycles. The normalized spacial score (nSPS) is 10.8. The van der Waals surface area contributed by atoms with Crippen LogP contribution in [0.25, 0.3) is 10.9 Å². The molecule has 2 N–H and O–H groups in total. The maximum atomic E-state index is 10.8. The highest BCUT2D eigenvalue weighted by Crippen LogP contribution is 2.28. The van der Waals surface area contributed by atoms with E-state index in [1.165, 1.54) is 17.7 Å². The first-order valence-electron chi connectivity index (χ1n) is 7.40. The molecule has 6 nitrogen and oxygen atoms in total. The van der Waals surface area contributed by atoms with E-state index in [9.17, 15) is 10.1 Å². The summed E-state index contributed by atoms with van der Waals surface area (Å²) in [5.41, 5.74) is 3.16. The first kappa shape index (κ1) is 16.3. The third-order valence-corrected chi connectivity index (χ3v) is 4.50. The van der Waals surface area contributed by atoms with E-state index in [1.54, 1.807) is 13.2 Å². The van der Waals surface area contributed by atoms with Gasteiger partial charge in [-0.15, -0.1) is 0 Å².